The summed E-state index contributed by atoms with van der Waals surface area (Å²) in [7, 11) is 0. The lowest BCUT2D eigenvalue weighted by molar-refractivity contribution is -0.143. The minimum atomic E-state index is -1.63. The molecule has 0 saturated carbocycles. The van der Waals surface area contributed by atoms with E-state index in [0.717, 1.165) is 12.8 Å². The fourth-order valence-corrected chi connectivity index (χ4v) is 1.36. The number of ketones is 1. The van der Waals surface area contributed by atoms with E-state index in [-0.39, 0.29) is 6.42 Å². The third-order valence-electron chi connectivity index (χ3n) is 2.52. The first-order valence-corrected chi connectivity index (χ1v) is 5.66. The molecular weight excluding hydrogens is 212 g/mol. The Morgan fingerprint density at radius 1 is 1.06 bits per heavy atom. The molecule has 0 aliphatic rings. The predicted molar refractivity (Wildman–Crippen MR) is 58.9 cm³/mol. The van der Waals surface area contributed by atoms with Crippen LogP contribution in [0.5, 0.6) is 0 Å². The van der Waals surface area contributed by atoms with Crippen molar-refractivity contribution in [2.24, 2.45) is 0 Å². The first kappa shape index (κ1) is 15.5. The zero-order valence-corrected chi connectivity index (χ0v) is 9.83. The Labute approximate surface area is 95.7 Å². The summed E-state index contributed by atoms with van der Waals surface area (Å²) >= 11 is 0. The molecular formula is C11H22O5. The molecule has 96 valence electrons. The lowest BCUT2D eigenvalue weighted by Gasteiger charge is -2.23. The smallest absolute Gasteiger partial charge is 0.164 e. The van der Waals surface area contributed by atoms with Gasteiger partial charge in [0.05, 0.1) is 6.10 Å². The molecule has 0 radical (unpaired) electrons. The van der Waals surface area contributed by atoms with E-state index in [2.05, 4.69) is 0 Å². The van der Waals surface area contributed by atoms with Gasteiger partial charge in [0.15, 0.2) is 5.78 Å². The molecule has 0 saturated heterocycles. The van der Waals surface area contributed by atoms with Gasteiger partial charge in [0.2, 0.25) is 0 Å². The quantitative estimate of drug-likeness (QED) is 0.428. The molecule has 4 N–H and O–H groups in total. The molecule has 0 amide bonds. The summed E-state index contributed by atoms with van der Waals surface area (Å²) in [4.78, 5) is 11.4. The molecule has 0 aromatic rings. The first-order chi connectivity index (χ1) is 7.41. The van der Waals surface area contributed by atoms with E-state index in [1.165, 1.54) is 6.92 Å². The Hall–Kier alpha value is -0.490. The second kappa shape index (κ2) is 7.73. The lowest BCUT2D eigenvalue weighted by Crippen LogP contribution is -2.46. The number of Topliss-reactive ketones (excluding diaryl/α,β-unsaturated/α-hetero) is 1. The van der Waals surface area contributed by atoms with Crippen molar-refractivity contribution in [1.82, 2.24) is 0 Å². The van der Waals surface area contributed by atoms with Crippen LogP contribution in [0.1, 0.15) is 39.5 Å². The van der Waals surface area contributed by atoms with Gasteiger partial charge in [-0.05, 0) is 13.3 Å². The maximum Gasteiger partial charge on any atom is 0.164 e. The summed E-state index contributed by atoms with van der Waals surface area (Å²) in [6, 6.07) is 0. The van der Waals surface area contributed by atoms with Crippen LogP contribution in [0.2, 0.25) is 0 Å². The van der Waals surface area contributed by atoms with Gasteiger partial charge in [-0.2, -0.15) is 0 Å². The third-order valence-corrected chi connectivity index (χ3v) is 2.52. The van der Waals surface area contributed by atoms with Gasteiger partial charge in [0.25, 0.3) is 0 Å². The second-order valence-corrected chi connectivity index (χ2v) is 4.09. The van der Waals surface area contributed by atoms with Crippen molar-refractivity contribution in [3.8, 4) is 0 Å². The van der Waals surface area contributed by atoms with Crippen LogP contribution in [-0.4, -0.2) is 50.6 Å². The topological polar surface area (TPSA) is 98.0 Å². The van der Waals surface area contributed by atoms with Gasteiger partial charge in [-0.1, -0.05) is 19.8 Å². The summed E-state index contributed by atoms with van der Waals surface area (Å²) in [5.74, 6) is -0.499. The highest BCUT2D eigenvalue weighted by molar-refractivity contribution is 5.83. The largest absolute Gasteiger partial charge is 0.391 e. The molecule has 0 aromatic heterocycles. The Balaban J connectivity index is 4.10. The fraction of sp³-hybridized carbons (Fsp3) is 0.909. The molecule has 0 bridgehead atoms. The number of hydrogen-bond donors (Lipinski definition) is 4. The third kappa shape index (κ3) is 5.03. The summed E-state index contributed by atoms with van der Waals surface area (Å²) in [5.41, 5.74) is 0. The Morgan fingerprint density at radius 3 is 2.06 bits per heavy atom. The van der Waals surface area contributed by atoms with Crippen molar-refractivity contribution in [3.63, 3.8) is 0 Å². The predicted octanol–water partition coefficient (Wildman–Crippen LogP) is -0.401. The highest BCUT2D eigenvalue weighted by atomic mass is 16.4. The summed E-state index contributed by atoms with van der Waals surface area (Å²) < 4.78 is 0. The van der Waals surface area contributed by atoms with Gasteiger partial charge >= 0.3 is 0 Å². The first-order valence-electron chi connectivity index (χ1n) is 5.66. The highest BCUT2D eigenvalue weighted by Gasteiger charge is 2.31. The normalized spacial score (nSPS) is 18.9. The standard InChI is InChI=1S/C11H22O5/c1-3-4-5-6-8(13)10(15)11(16)9(14)7(2)12/h7,9-12,14-16H,3-6H2,1-2H3/t7-,9-,10-,11+/m1/s1. The van der Waals surface area contributed by atoms with E-state index >= 15 is 0 Å². The average Bonchev–Trinajstić information content (AvgIpc) is 2.26. The molecule has 5 heteroatoms. The van der Waals surface area contributed by atoms with Crippen molar-refractivity contribution in [1.29, 1.82) is 0 Å². The van der Waals surface area contributed by atoms with E-state index < -0.39 is 30.2 Å². The highest BCUT2D eigenvalue weighted by Crippen LogP contribution is 2.09. The van der Waals surface area contributed by atoms with Crippen LogP contribution in [0, 0.1) is 0 Å². The number of unbranched alkanes of at least 4 members (excludes halogenated alkanes) is 2. The minimum Gasteiger partial charge on any atom is -0.391 e. The number of hydrogen-bond acceptors (Lipinski definition) is 5. The van der Waals surface area contributed by atoms with Crippen molar-refractivity contribution < 1.29 is 25.2 Å². The molecule has 0 rings (SSSR count). The zero-order valence-electron chi connectivity index (χ0n) is 9.83. The minimum absolute atomic E-state index is 0.179. The van der Waals surface area contributed by atoms with Gasteiger partial charge in [0, 0.05) is 6.42 Å². The van der Waals surface area contributed by atoms with Gasteiger partial charge in [0.1, 0.15) is 18.3 Å². The fourth-order valence-electron chi connectivity index (χ4n) is 1.36. The number of rotatable bonds is 8. The average molecular weight is 234 g/mol. The Kier molecular flexibility index (Phi) is 7.49. The van der Waals surface area contributed by atoms with Gasteiger partial charge in [-0.25, -0.2) is 0 Å². The molecule has 16 heavy (non-hydrogen) atoms. The van der Waals surface area contributed by atoms with Crippen LogP contribution >= 0.6 is 0 Å². The van der Waals surface area contributed by atoms with Crippen LogP contribution in [0.3, 0.4) is 0 Å². The van der Waals surface area contributed by atoms with Crippen LogP contribution in [0.4, 0.5) is 0 Å². The van der Waals surface area contributed by atoms with Crippen LogP contribution in [0.15, 0.2) is 0 Å². The van der Waals surface area contributed by atoms with E-state index in [4.69, 9.17) is 5.11 Å². The molecule has 0 fully saturated rings. The summed E-state index contributed by atoms with van der Waals surface area (Å²) in [6.45, 7) is 3.27. The number of aliphatic hydroxyl groups excluding tert-OH is 4. The zero-order chi connectivity index (χ0) is 12.7. The second-order valence-electron chi connectivity index (χ2n) is 4.09. The van der Waals surface area contributed by atoms with Gasteiger partial charge in [-0.15, -0.1) is 0 Å². The molecule has 5 nitrogen and oxygen atoms in total. The molecule has 4 atom stereocenters. The van der Waals surface area contributed by atoms with Crippen LogP contribution in [-0.2, 0) is 4.79 Å². The van der Waals surface area contributed by atoms with E-state index in [0.29, 0.717) is 6.42 Å². The van der Waals surface area contributed by atoms with Crippen molar-refractivity contribution in [3.05, 3.63) is 0 Å². The molecule has 0 unspecified atom stereocenters. The number of carbonyl (C=O) groups excluding carboxylic acids is 1. The van der Waals surface area contributed by atoms with E-state index in [1.54, 1.807) is 0 Å². The maximum atomic E-state index is 11.4. The Bertz CT molecular complexity index is 205. The Morgan fingerprint density at radius 2 is 1.62 bits per heavy atom. The molecule has 0 spiro atoms. The summed E-state index contributed by atoms with van der Waals surface area (Å²) in [5, 5.41) is 37.1. The monoisotopic (exact) mass is 234 g/mol. The number of carbonyl (C=O) groups is 1. The van der Waals surface area contributed by atoms with Crippen LogP contribution in [0.25, 0.3) is 0 Å². The summed E-state index contributed by atoms with van der Waals surface area (Å²) in [6.07, 6.45) is -3.27. The molecule has 0 aromatic carbocycles. The van der Waals surface area contributed by atoms with E-state index in [1.807, 2.05) is 6.92 Å². The van der Waals surface area contributed by atoms with Gasteiger partial charge in [-0.3, -0.25) is 4.79 Å². The van der Waals surface area contributed by atoms with Crippen molar-refractivity contribution in [2.45, 2.75) is 63.9 Å². The maximum absolute atomic E-state index is 11.4. The van der Waals surface area contributed by atoms with E-state index in [9.17, 15) is 20.1 Å². The van der Waals surface area contributed by atoms with Crippen LogP contribution < -0.4 is 0 Å². The van der Waals surface area contributed by atoms with Crippen molar-refractivity contribution >= 4 is 5.78 Å². The van der Waals surface area contributed by atoms with Gasteiger partial charge < -0.3 is 20.4 Å². The SMILES string of the molecule is CCCCCC(=O)[C@@H](O)[C@@H](O)[C@H](O)[C@@H](C)O. The molecule has 0 aliphatic heterocycles. The molecule has 0 aliphatic carbocycles. The number of aliphatic hydroxyl groups is 4. The van der Waals surface area contributed by atoms with Crippen molar-refractivity contribution in [2.75, 3.05) is 0 Å². The molecule has 0 heterocycles. The lowest BCUT2D eigenvalue weighted by atomic mass is 9.98.